The van der Waals surface area contributed by atoms with Crippen LogP contribution in [0.1, 0.15) is 37.0 Å². The quantitative estimate of drug-likeness (QED) is 0.761. The number of aromatic nitrogens is 2. The summed E-state index contributed by atoms with van der Waals surface area (Å²) < 4.78 is 17.2. The highest BCUT2D eigenvalue weighted by Gasteiger charge is 2.38. The van der Waals surface area contributed by atoms with Gasteiger partial charge in [0.2, 0.25) is 0 Å². The smallest absolute Gasteiger partial charge is 0.417 e. The Kier molecular flexibility index (Phi) is 4.89. The molecule has 0 saturated carbocycles. The molecule has 148 valence electrons. The van der Waals surface area contributed by atoms with E-state index in [1.54, 1.807) is 0 Å². The van der Waals surface area contributed by atoms with Crippen molar-refractivity contribution in [3.8, 4) is 17.4 Å². The van der Waals surface area contributed by atoms with E-state index in [1.165, 1.54) is 22.1 Å². The average molecular weight is 404 g/mol. The second kappa shape index (κ2) is 7.22. The van der Waals surface area contributed by atoms with Crippen LogP contribution in [0.4, 0.5) is 4.79 Å². The van der Waals surface area contributed by atoms with Gasteiger partial charge in [-0.25, -0.2) is 4.79 Å². The van der Waals surface area contributed by atoms with Crippen LogP contribution in [-0.2, 0) is 17.6 Å². The number of hydrogen-bond donors (Lipinski definition) is 0. The summed E-state index contributed by atoms with van der Waals surface area (Å²) in [4.78, 5) is 14.2. The molecule has 0 unspecified atom stereocenters. The number of hydrogen-bond acceptors (Lipinski definition) is 6. The fourth-order valence-corrected chi connectivity index (χ4v) is 3.80. The van der Waals surface area contributed by atoms with Crippen molar-refractivity contribution in [2.75, 3.05) is 13.2 Å². The van der Waals surface area contributed by atoms with E-state index in [0.29, 0.717) is 13.2 Å². The molecule has 2 heterocycles. The van der Waals surface area contributed by atoms with Crippen LogP contribution in [-0.4, -0.2) is 40.1 Å². The topological polar surface area (TPSA) is 73.8 Å². The second-order valence-corrected chi connectivity index (χ2v) is 7.84. The maximum absolute atomic E-state index is 12.7. The van der Waals surface area contributed by atoms with Gasteiger partial charge in [-0.2, -0.15) is 0 Å². The first-order valence-corrected chi connectivity index (χ1v) is 9.69. The first-order valence-electron chi connectivity index (χ1n) is 9.31. The summed E-state index contributed by atoms with van der Waals surface area (Å²) >= 11 is 5.99. The molecule has 7 nitrogen and oxygen atoms in total. The van der Waals surface area contributed by atoms with Gasteiger partial charge in [0, 0.05) is 6.07 Å². The largest absolute Gasteiger partial charge is 0.434 e. The Balaban J connectivity index is 1.63. The van der Waals surface area contributed by atoms with Gasteiger partial charge < -0.3 is 14.2 Å². The van der Waals surface area contributed by atoms with Crippen molar-refractivity contribution < 1.29 is 19.0 Å². The van der Waals surface area contributed by atoms with Crippen LogP contribution >= 0.6 is 11.6 Å². The summed E-state index contributed by atoms with van der Waals surface area (Å²) in [5, 5.41) is 7.99. The van der Waals surface area contributed by atoms with Crippen molar-refractivity contribution in [3.05, 3.63) is 40.0 Å². The first-order chi connectivity index (χ1) is 13.3. The van der Waals surface area contributed by atoms with Crippen LogP contribution in [0.3, 0.4) is 0 Å². The number of nitrogens with zero attached hydrogens (tertiary/aromatic N) is 3. The summed E-state index contributed by atoms with van der Waals surface area (Å²) in [7, 11) is 0. The molecule has 1 aromatic heterocycles. The van der Waals surface area contributed by atoms with Crippen LogP contribution in [0, 0.1) is 6.92 Å². The molecule has 1 fully saturated rings. The third kappa shape index (κ3) is 3.52. The fourth-order valence-electron chi connectivity index (χ4n) is 3.67. The number of halogens is 1. The number of carbonyl (C=O) groups is 1. The molecule has 0 N–H and O–H groups in total. The molecule has 1 aliphatic heterocycles. The highest BCUT2D eigenvalue weighted by molar-refractivity contribution is 6.29. The zero-order chi connectivity index (χ0) is 19.9. The Labute approximate surface area is 168 Å². The maximum atomic E-state index is 12.7. The van der Waals surface area contributed by atoms with Crippen LogP contribution in [0.2, 0.25) is 5.15 Å². The zero-order valence-electron chi connectivity index (χ0n) is 16.1. The monoisotopic (exact) mass is 403 g/mol. The molecular formula is C20H22ClN3O4. The van der Waals surface area contributed by atoms with Crippen molar-refractivity contribution >= 4 is 17.7 Å². The lowest BCUT2D eigenvalue weighted by Crippen LogP contribution is -2.45. The number of amides is 1. The molecule has 1 aliphatic carbocycles. The number of aryl methyl sites for hydroxylation is 2. The van der Waals surface area contributed by atoms with Crippen LogP contribution in [0.15, 0.2) is 18.2 Å². The van der Waals surface area contributed by atoms with Gasteiger partial charge in [0.1, 0.15) is 11.5 Å². The van der Waals surface area contributed by atoms with Crippen LogP contribution < -0.4 is 9.47 Å². The third-order valence-corrected chi connectivity index (χ3v) is 5.35. The Morgan fingerprint density at radius 3 is 2.86 bits per heavy atom. The first kappa shape index (κ1) is 19.0. The molecule has 0 spiro atoms. The van der Waals surface area contributed by atoms with E-state index in [9.17, 15) is 4.79 Å². The SMILES string of the molecule is Cc1ccc2c(c1Oc1nnc(Cl)cc1OC(=O)N1CCOC1(C)C)CCC2. The van der Waals surface area contributed by atoms with Gasteiger partial charge in [0.25, 0.3) is 5.88 Å². The van der Waals surface area contributed by atoms with Gasteiger partial charge >= 0.3 is 6.09 Å². The fraction of sp³-hybridized carbons (Fsp3) is 0.450. The Hall–Kier alpha value is -2.38. The molecular weight excluding hydrogens is 382 g/mol. The minimum absolute atomic E-state index is 0.110. The lowest BCUT2D eigenvalue weighted by molar-refractivity contribution is -0.0381. The standard InChI is InChI=1S/C20H22ClN3O4/c1-12-7-8-13-5-4-6-14(13)17(12)28-18-15(11-16(21)22-23-18)27-19(25)24-9-10-26-20(24,2)3/h7-8,11H,4-6,9-10H2,1-3H3. The molecule has 0 radical (unpaired) electrons. The number of carbonyl (C=O) groups excluding carboxylic acids is 1. The number of fused-ring (bicyclic) bond motifs is 1. The summed E-state index contributed by atoms with van der Waals surface area (Å²) in [6, 6.07) is 5.59. The average Bonchev–Trinajstić information content (AvgIpc) is 3.25. The normalized spacial score (nSPS) is 17.5. The summed E-state index contributed by atoms with van der Waals surface area (Å²) in [5.74, 6) is 0.982. The zero-order valence-corrected chi connectivity index (χ0v) is 16.9. The van der Waals surface area contributed by atoms with Crippen molar-refractivity contribution in [3.63, 3.8) is 0 Å². The van der Waals surface area contributed by atoms with Gasteiger partial charge in [-0.1, -0.05) is 23.7 Å². The van der Waals surface area contributed by atoms with Crippen LogP contribution in [0.25, 0.3) is 0 Å². The van der Waals surface area contributed by atoms with Crippen LogP contribution in [0.5, 0.6) is 17.4 Å². The van der Waals surface area contributed by atoms with Crippen molar-refractivity contribution in [2.24, 2.45) is 0 Å². The van der Waals surface area contributed by atoms with Crippen molar-refractivity contribution in [1.82, 2.24) is 15.1 Å². The van der Waals surface area contributed by atoms with E-state index in [2.05, 4.69) is 16.3 Å². The molecule has 2 aromatic rings. The summed E-state index contributed by atoms with van der Waals surface area (Å²) in [6.07, 6.45) is 2.52. The van der Waals surface area contributed by atoms with E-state index < -0.39 is 11.8 Å². The molecule has 8 heteroatoms. The minimum atomic E-state index is -0.737. The molecule has 0 atom stereocenters. The van der Waals surface area contributed by atoms with Gasteiger partial charge in [-0.3, -0.25) is 4.90 Å². The van der Waals surface area contributed by atoms with Crippen molar-refractivity contribution in [2.45, 2.75) is 45.8 Å². The molecule has 1 aromatic carbocycles. The molecule has 1 saturated heterocycles. The van der Waals surface area contributed by atoms with E-state index in [4.69, 9.17) is 25.8 Å². The molecule has 0 bridgehead atoms. The van der Waals surface area contributed by atoms with E-state index in [0.717, 1.165) is 30.6 Å². The van der Waals surface area contributed by atoms with Crippen molar-refractivity contribution in [1.29, 1.82) is 0 Å². The number of rotatable bonds is 3. The van der Waals surface area contributed by atoms with Gasteiger partial charge in [0.15, 0.2) is 10.9 Å². The highest BCUT2D eigenvalue weighted by Crippen LogP contribution is 2.39. The lowest BCUT2D eigenvalue weighted by atomic mass is 10.1. The number of benzene rings is 1. The van der Waals surface area contributed by atoms with Gasteiger partial charge in [0.05, 0.1) is 13.2 Å². The van der Waals surface area contributed by atoms with Gasteiger partial charge in [-0.15, -0.1) is 10.2 Å². The van der Waals surface area contributed by atoms with E-state index >= 15 is 0 Å². The Bertz CT molecular complexity index is 932. The minimum Gasteiger partial charge on any atom is -0.434 e. The maximum Gasteiger partial charge on any atom is 0.417 e. The Morgan fingerprint density at radius 1 is 1.29 bits per heavy atom. The summed E-state index contributed by atoms with van der Waals surface area (Å²) in [5.41, 5.74) is 2.70. The third-order valence-electron chi connectivity index (χ3n) is 5.16. The van der Waals surface area contributed by atoms with Gasteiger partial charge in [-0.05, 0) is 56.7 Å². The number of ether oxygens (including phenoxy) is 3. The molecule has 28 heavy (non-hydrogen) atoms. The Morgan fingerprint density at radius 2 is 2.11 bits per heavy atom. The summed E-state index contributed by atoms with van der Waals surface area (Å²) in [6.45, 7) is 6.50. The lowest BCUT2D eigenvalue weighted by Gasteiger charge is -2.28. The molecule has 4 rings (SSSR count). The molecule has 1 amide bonds. The molecule has 2 aliphatic rings. The highest BCUT2D eigenvalue weighted by atomic mass is 35.5. The predicted octanol–water partition coefficient (Wildman–Crippen LogP) is 4.29. The second-order valence-electron chi connectivity index (χ2n) is 7.46. The van der Waals surface area contributed by atoms with E-state index in [1.807, 2.05) is 26.8 Å². The predicted molar refractivity (Wildman–Crippen MR) is 103 cm³/mol. The van der Waals surface area contributed by atoms with E-state index in [-0.39, 0.29) is 16.8 Å².